The third-order valence-electron chi connectivity index (χ3n) is 3.42. The fourth-order valence-corrected chi connectivity index (χ4v) is 3.45. The van der Waals surface area contributed by atoms with E-state index in [9.17, 15) is 19.8 Å². The molecule has 23 heavy (non-hydrogen) atoms. The van der Waals surface area contributed by atoms with Crippen molar-refractivity contribution in [2.24, 2.45) is 0 Å². The summed E-state index contributed by atoms with van der Waals surface area (Å²) in [6, 6.07) is 17.9. The van der Waals surface area contributed by atoms with Crippen molar-refractivity contribution in [1.82, 2.24) is 0 Å². The molecule has 4 nitrogen and oxygen atoms in total. The summed E-state index contributed by atoms with van der Waals surface area (Å²) >= 11 is 1.41. The number of hydrogen-bond donors (Lipinski definition) is 2. The van der Waals surface area contributed by atoms with E-state index in [0.717, 1.165) is 10.3 Å². The molecule has 3 rings (SSSR count). The highest BCUT2D eigenvalue weighted by atomic mass is 32.2. The monoisotopic (exact) mass is 324 g/mol. The van der Waals surface area contributed by atoms with Crippen LogP contribution in [0, 0.1) is 0 Å². The van der Waals surface area contributed by atoms with Crippen LogP contribution in [0.2, 0.25) is 0 Å². The van der Waals surface area contributed by atoms with Crippen molar-refractivity contribution < 1.29 is 19.8 Å². The molecule has 0 aliphatic carbocycles. The molecule has 0 heterocycles. The number of carboxylic acid groups (broad SMARTS) is 2. The fourth-order valence-electron chi connectivity index (χ4n) is 2.44. The van der Waals surface area contributed by atoms with Gasteiger partial charge in [-0.1, -0.05) is 54.2 Å². The predicted octanol–water partition coefficient (Wildman–Crippen LogP) is 4.39. The minimum absolute atomic E-state index is 0.175. The van der Waals surface area contributed by atoms with E-state index >= 15 is 0 Å². The van der Waals surface area contributed by atoms with Gasteiger partial charge in [0.05, 0.1) is 11.1 Å². The molecule has 0 aliphatic heterocycles. The van der Waals surface area contributed by atoms with Crippen LogP contribution in [0.15, 0.2) is 70.5 Å². The van der Waals surface area contributed by atoms with Crippen LogP contribution in [0.4, 0.5) is 0 Å². The number of hydrogen-bond acceptors (Lipinski definition) is 3. The number of rotatable bonds is 4. The molecule has 0 fully saturated rings. The molecule has 5 heteroatoms. The summed E-state index contributed by atoms with van der Waals surface area (Å²) in [6.07, 6.45) is 0. The minimum Gasteiger partial charge on any atom is -0.478 e. The van der Waals surface area contributed by atoms with Gasteiger partial charge in [0.25, 0.3) is 0 Å². The van der Waals surface area contributed by atoms with Crippen LogP contribution in [0.25, 0.3) is 10.8 Å². The van der Waals surface area contributed by atoms with Gasteiger partial charge in [0.1, 0.15) is 0 Å². The highest BCUT2D eigenvalue weighted by Gasteiger charge is 2.21. The van der Waals surface area contributed by atoms with E-state index in [1.54, 1.807) is 18.2 Å². The third-order valence-corrected chi connectivity index (χ3v) is 4.49. The summed E-state index contributed by atoms with van der Waals surface area (Å²) in [5.41, 5.74) is -0.375. The molecular weight excluding hydrogens is 312 g/mol. The number of benzene rings is 3. The van der Waals surface area contributed by atoms with Gasteiger partial charge in [0.2, 0.25) is 0 Å². The second-order valence-electron chi connectivity index (χ2n) is 4.87. The van der Waals surface area contributed by atoms with Crippen LogP contribution in [0.5, 0.6) is 0 Å². The van der Waals surface area contributed by atoms with E-state index in [1.807, 2.05) is 36.4 Å². The molecule has 0 spiro atoms. The highest BCUT2D eigenvalue weighted by Crippen LogP contribution is 2.36. The lowest BCUT2D eigenvalue weighted by Gasteiger charge is -2.12. The first kappa shape index (κ1) is 15.1. The molecule has 0 unspecified atom stereocenters. The lowest BCUT2D eigenvalue weighted by Crippen LogP contribution is -2.09. The Balaban J connectivity index is 2.28. The smallest absolute Gasteiger partial charge is 0.337 e. The summed E-state index contributed by atoms with van der Waals surface area (Å²) in [6.45, 7) is 0. The molecule has 0 amide bonds. The van der Waals surface area contributed by atoms with E-state index < -0.39 is 11.9 Å². The normalized spacial score (nSPS) is 10.6. The Kier molecular flexibility index (Phi) is 4.04. The van der Waals surface area contributed by atoms with E-state index in [1.165, 1.54) is 17.8 Å². The number of aromatic carboxylic acids is 2. The lowest BCUT2D eigenvalue weighted by atomic mass is 9.99. The second kappa shape index (κ2) is 6.14. The fraction of sp³-hybridized carbons (Fsp3) is 0. The van der Waals surface area contributed by atoms with Crippen molar-refractivity contribution in [2.45, 2.75) is 9.79 Å². The average molecular weight is 324 g/mol. The van der Waals surface area contributed by atoms with E-state index in [4.69, 9.17) is 0 Å². The van der Waals surface area contributed by atoms with Crippen molar-refractivity contribution in [1.29, 1.82) is 0 Å². The van der Waals surface area contributed by atoms with Crippen molar-refractivity contribution in [2.75, 3.05) is 0 Å². The zero-order valence-corrected chi connectivity index (χ0v) is 12.7. The van der Waals surface area contributed by atoms with Crippen molar-refractivity contribution >= 4 is 34.5 Å². The number of carbonyl (C=O) groups is 2. The van der Waals surface area contributed by atoms with Crippen molar-refractivity contribution in [3.8, 4) is 0 Å². The van der Waals surface area contributed by atoms with Crippen LogP contribution in [0.3, 0.4) is 0 Å². The average Bonchev–Trinajstić information content (AvgIpc) is 2.55. The molecule has 0 saturated heterocycles. The van der Waals surface area contributed by atoms with Gasteiger partial charge in [0, 0.05) is 9.79 Å². The number of fused-ring (bicyclic) bond motifs is 1. The molecular formula is C18H12O4S. The Morgan fingerprint density at radius 3 is 2.00 bits per heavy atom. The highest BCUT2D eigenvalue weighted by molar-refractivity contribution is 7.99. The molecule has 3 aromatic carbocycles. The molecule has 0 atom stereocenters. The lowest BCUT2D eigenvalue weighted by molar-refractivity contribution is 0.0653. The van der Waals surface area contributed by atoms with Gasteiger partial charge in [-0.3, -0.25) is 0 Å². The van der Waals surface area contributed by atoms with Crippen LogP contribution in [-0.4, -0.2) is 22.2 Å². The van der Waals surface area contributed by atoms with Gasteiger partial charge in [-0.05, 0) is 29.0 Å². The summed E-state index contributed by atoms with van der Waals surface area (Å²) in [5, 5.41) is 20.0. The van der Waals surface area contributed by atoms with Gasteiger partial charge in [-0.25, -0.2) is 9.59 Å². The zero-order valence-electron chi connectivity index (χ0n) is 11.9. The van der Waals surface area contributed by atoms with Gasteiger partial charge < -0.3 is 10.2 Å². The first-order chi connectivity index (χ1) is 11.1. The van der Waals surface area contributed by atoms with Crippen LogP contribution in [-0.2, 0) is 0 Å². The molecule has 0 aromatic heterocycles. The zero-order chi connectivity index (χ0) is 16.4. The van der Waals surface area contributed by atoms with Gasteiger partial charge >= 0.3 is 11.9 Å². The first-order valence-corrected chi connectivity index (χ1v) is 7.65. The van der Waals surface area contributed by atoms with Crippen LogP contribution in [0.1, 0.15) is 20.7 Å². The minimum atomic E-state index is -1.25. The van der Waals surface area contributed by atoms with Gasteiger partial charge in [-0.2, -0.15) is 0 Å². The first-order valence-electron chi connectivity index (χ1n) is 6.83. The Morgan fingerprint density at radius 1 is 0.783 bits per heavy atom. The molecule has 0 saturated carbocycles. The molecule has 2 N–H and O–H groups in total. The topological polar surface area (TPSA) is 74.6 Å². The maximum Gasteiger partial charge on any atom is 0.337 e. The quantitative estimate of drug-likeness (QED) is 0.744. The maximum atomic E-state index is 11.5. The van der Waals surface area contributed by atoms with Gasteiger partial charge in [-0.15, -0.1) is 0 Å². The summed E-state index contributed by atoms with van der Waals surface area (Å²) < 4.78 is 0. The molecule has 114 valence electrons. The summed E-state index contributed by atoms with van der Waals surface area (Å²) in [4.78, 5) is 24.7. The van der Waals surface area contributed by atoms with E-state index in [0.29, 0.717) is 10.3 Å². The number of carboxylic acids is 2. The largest absolute Gasteiger partial charge is 0.478 e. The predicted molar refractivity (Wildman–Crippen MR) is 88.4 cm³/mol. The molecule has 0 radical (unpaired) electrons. The summed E-state index contributed by atoms with van der Waals surface area (Å²) in [5.74, 6) is -2.49. The molecule has 3 aromatic rings. The van der Waals surface area contributed by atoms with Gasteiger partial charge in [0.15, 0.2) is 0 Å². The van der Waals surface area contributed by atoms with Crippen LogP contribution >= 0.6 is 11.8 Å². The Hall–Kier alpha value is -2.79. The molecule has 0 bridgehead atoms. The second-order valence-corrected chi connectivity index (χ2v) is 5.98. The maximum absolute atomic E-state index is 11.5. The van der Waals surface area contributed by atoms with E-state index in [2.05, 4.69) is 0 Å². The van der Waals surface area contributed by atoms with E-state index in [-0.39, 0.29) is 11.1 Å². The molecule has 0 aliphatic rings. The SMILES string of the molecule is O=C(O)c1cc(Sc2ccccc2)c2ccccc2c1C(=O)O. The third kappa shape index (κ3) is 2.91. The van der Waals surface area contributed by atoms with Crippen LogP contribution < -0.4 is 0 Å². The standard InChI is InChI=1S/C18H12O4S/c19-17(20)14-10-15(23-11-6-2-1-3-7-11)12-8-4-5-9-13(12)16(14)18(21)22/h1-10H,(H,19,20)(H,21,22). The summed E-state index contributed by atoms with van der Waals surface area (Å²) in [7, 11) is 0. The Labute approximate surface area is 136 Å². The Morgan fingerprint density at radius 2 is 1.39 bits per heavy atom. The Bertz CT molecular complexity index is 904. The van der Waals surface area contributed by atoms with Crippen molar-refractivity contribution in [3.05, 3.63) is 71.8 Å². The van der Waals surface area contributed by atoms with Crippen molar-refractivity contribution in [3.63, 3.8) is 0 Å².